The Labute approximate surface area is 121 Å². The fourth-order valence-electron chi connectivity index (χ4n) is 2.92. The number of rotatable bonds is 4. The van der Waals surface area contributed by atoms with Crippen molar-refractivity contribution in [2.45, 2.75) is 46.3 Å². The van der Waals surface area contributed by atoms with Crippen LogP contribution < -0.4 is 5.32 Å². The Morgan fingerprint density at radius 1 is 1.40 bits per heavy atom. The van der Waals surface area contributed by atoms with E-state index in [1.54, 1.807) is 0 Å². The summed E-state index contributed by atoms with van der Waals surface area (Å²) in [5.41, 5.74) is 0.123. The van der Waals surface area contributed by atoms with Crippen molar-refractivity contribution in [3.8, 4) is 0 Å². The van der Waals surface area contributed by atoms with Gasteiger partial charge in [0.2, 0.25) is 5.91 Å². The van der Waals surface area contributed by atoms with Crippen LogP contribution in [0.4, 0.5) is 0 Å². The average Bonchev–Trinajstić information content (AvgIpc) is 3.04. The second-order valence-electron chi connectivity index (χ2n) is 6.76. The monoisotopic (exact) mass is 278 g/mol. The van der Waals surface area contributed by atoms with Crippen molar-refractivity contribution in [3.63, 3.8) is 0 Å². The molecule has 0 aliphatic carbocycles. The Morgan fingerprint density at radius 2 is 2.05 bits per heavy atom. The van der Waals surface area contributed by atoms with Crippen molar-refractivity contribution < 1.29 is 9.53 Å². The molecule has 0 bridgehead atoms. The molecule has 0 unspecified atom stereocenters. The van der Waals surface area contributed by atoms with E-state index in [0.29, 0.717) is 12.5 Å². The van der Waals surface area contributed by atoms with Crippen LogP contribution in [0.15, 0.2) is 24.5 Å². The van der Waals surface area contributed by atoms with E-state index < -0.39 is 0 Å². The van der Waals surface area contributed by atoms with E-state index in [0.717, 1.165) is 13.0 Å². The van der Waals surface area contributed by atoms with Gasteiger partial charge in [-0.3, -0.25) is 4.79 Å². The molecule has 0 spiro atoms. The summed E-state index contributed by atoms with van der Waals surface area (Å²) >= 11 is 0. The van der Waals surface area contributed by atoms with E-state index in [1.807, 2.05) is 36.0 Å². The lowest BCUT2D eigenvalue weighted by atomic mass is 9.81. The molecule has 0 aromatic carbocycles. The third-order valence-corrected chi connectivity index (χ3v) is 4.06. The largest absolute Gasteiger partial charge is 0.377 e. The maximum Gasteiger partial charge on any atom is 0.242 e. The van der Waals surface area contributed by atoms with Gasteiger partial charge in [0.25, 0.3) is 0 Å². The molecular weight excluding hydrogens is 252 g/mol. The third kappa shape index (κ3) is 3.42. The Kier molecular flexibility index (Phi) is 4.53. The number of carbonyl (C=O) groups is 1. The molecule has 0 radical (unpaired) electrons. The smallest absolute Gasteiger partial charge is 0.242 e. The topological polar surface area (TPSA) is 43.3 Å². The van der Waals surface area contributed by atoms with Crippen LogP contribution in [0.1, 0.15) is 40.2 Å². The molecule has 1 fully saturated rings. The third-order valence-electron chi connectivity index (χ3n) is 4.06. The van der Waals surface area contributed by atoms with Gasteiger partial charge in [-0.2, -0.15) is 0 Å². The van der Waals surface area contributed by atoms with Gasteiger partial charge in [0.05, 0.1) is 6.10 Å². The fraction of sp³-hybridized carbons (Fsp3) is 0.688. The molecule has 4 nitrogen and oxygen atoms in total. The molecule has 1 aromatic rings. The first-order chi connectivity index (χ1) is 9.39. The molecule has 1 N–H and O–H groups in total. The highest BCUT2D eigenvalue weighted by Gasteiger charge is 2.37. The predicted molar refractivity (Wildman–Crippen MR) is 79.5 cm³/mol. The van der Waals surface area contributed by atoms with Crippen LogP contribution in [0.3, 0.4) is 0 Å². The van der Waals surface area contributed by atoms with Crippen LogP contribution in [-0.2, 0) is 9.53 Å². The number of aromatic nitrogens is 1. The Hall–Kier alpha value is -1.29. The van der Waals surface area contributed by atoms with Crippen molar-refractivity contribution >= 4 is 5.91 Å². The number of nitrogens with one attached hydrogen (secondary N) is 1. The molecular formula is C16H26N2O2. The van der Waals surface area contributed by atoms with Gasteiger partial charge in [0.15, 0.2) is 0 Å². The van der Waals surface area contributed by atoms with Crippen molar-refractivity contribution in [1.29, 1.82) is 0 Å². The fourth-order valence-corrected chi connectivity index (χ4v) is 2.92. The normalized spacial score (nSPS) is 24.6. The van der Waals surface area contributed by atoms with Crippen LogP contribution in [0, 0.1) is 11.3 Å². The summed E-state index contributed by atoms with van der Waals surface area (Å²) in [6.07, 6.45) is 5.09. The summed E-state index contributed by atoms with van der Waals surface area (Å²) < 4.78 is 7.76. The number of ether oxygens (including phenoxy) is 1. The van der Waals surface area contributed by atoms with E-state index in [2.05, 4.69) is 26.1 Å². The van der Waals surface area contributed by atoms with Gasteiger partial charge >= 0.3 is 0 Å². The van der Waals surface area contributed by atoms with Gasteiger partial charge in [-0.05, 0) is 30.9 Å². The molecule has 1 saturated heterocycles. The van der Waals surface area contributed by atoms with Crippen molar-refractivity contribution in [1.82, 2.24) is 9.88 Å². The molecule has 1 aliphatic rings. The first-order valence-electron chi connectivity index (χ1n) is 7.41. The van der Waals surface area contributed by atoms with Crippen LogP contribution in [-0.4, -0.2) is 29.7 Å². The van der Waals surface area contributed by atoms with Crippen LogP contribution in [0.25, 0.3) is 0 Å². The molecule has 1 aromatic heterocycles. The maximum absolute atomic E-state index is 12.2. The van der Waals surface area contributed by atoms with Gasteiger partial charge in [-0.1, -0.05) is 20.8 Å². The zero-order valence-corrected chi connectivity index (χ0v) is 12.9. The number of nitrogens with zero attached hydrogens (tertiary/aromatic N) is 1. The van der Waals surface area contributed by atoms with E-state index in [-0.39, 0.29) is 23.5 Å². The van der Waals surface area contributed by atoms with Gasteiger partial charge in [-0.25, -0.2) is 0 Å². The van der Waals surface area contributed by atoms with Crippen LogP contribution >= 0.6 is 0 Å². The zero-order chi connectivity index (χ0) is 14.8. The van der Waals surface area contributed by atoms with E-state index in [1.165, 1.54) is 0 Å². The SMILES string of the molecule is C[C@H](C(=O)NC[C@H]1CCO[C@@H]1C(C)(C)C)n1cccc1. The molecule has 20 heavy (non-hydrogen) atoms. The minimum atomic E-state index is -0.166. The lowest BCUT2D eigenvalue weighted by Gasteiger charge is -2.31. The Morgan fingerprint density at radius 3 is 2.65 bits per heavy atom. The minimum Gasteiger partial charge on any atom is -0.377 e. The average molecular weight is 278 g/mol. The number of amides is 1. The van der Waals surface area contributed by atoms with Crippen molar-refractivity contribution in [2.75, 3.05) is 13.2 Å². The van der Waals surface area contributed by atoms with Crippen LogP contribution in [0.2, 0.25) is 0 Å². The summed E-state index contributed by atoms with van der Waals surface area (Å²) in [6.45, 7) is 10.0. The molecule has 1 amide bonds. The maximum atomic E-state index is 12.2. The first kappa shape index (κ1) is 15.1. The number of hydrogen-bond donors (Lipinski definition) is 1. The van der Waals surface area contributed by atoms with E-state index in [4.69, 9.17) is 4.74 Å². The Bertz CT molecular complexity index is 434. The van der Waals surface area contributed by atoms with E-state index >= 15 is 0 Å². The highest BCUT2D eigenvalue weighted by atomic mass is 16.5. The molecule has 112 valence electrons. The highest BCUT2D eigenvalue weighted by Crippen LogP contribution is 2.34. The summed E-state index contributed by atoms with van der Waals surface area (Å²) in [5, 5.41) is 3.07. The molecule has 2 heterocycles. The molecule has 4 heteroatoms. The second-order valence-corrected chi connectivity index (χ2v) is 6.76. The first-order valence-corrected chi connectivity index (χ1v) is 7.41. The van der Waals surface area contributed by atoms with Crippen molar-refractivity contribution in [2.24, 2.45) is 11.3 Å². The molecule has 2 rings (SSSR count). The lowest BCUT2D eigenvalue weighted by molar-refractivity contribution is -0.124. The summed E-state index contributed by atoms with van der Waals surface area (Å²) in [6, 6.07) is 3.70. The summed E-state index contributed by atoms with van der Waals surface area (Å²) in [5.74, 6) is 0.483. The lowest BCUT2D eigenvalue weighted by Crippen LogP contribution is -2.40. The molecule has 3 atom stereocenters. The second kappa shape index (κ2) is 6.00. The standard InChI is InChI=1S/C16H26N2O2/c1-12(18-8-5-6-9-18)15(19)17-11-13-7-10-20-14(13)16(2,3)4/h5-6,8-9,12-14H,7,10-11H2,1-4H3,(H,17,19)/t12-,13-,14+/m1/s1. The highest BCUT2D eigenvalue weighted by molar-refractivity contribution is 5.79. The molecule has 0 saturated carbocycles. The zero-order valence-electron chi connectivity index (χ0n) is 12.9. The quantitative estimate of drug-likeness (QED) is 0.920. The Balaban J connectivity index is 1.87. The van der Waals surface area contributed by atoms with Gasteiger partial charge < -0.3 is 14.6 Å². The van der Waals surface area contributed by atoms with Gasteiger partial charge in [0, 0.05) is 31.5 Å². The molecule has 1 aliphatic heterocycles. The van der Waals surface area contributed by atoms with Crippen LogP contribution in [0.5, 0.6) is 0 Å². The van der Waals surface area contributed by atoms with Gasteiger partial charge in [0.1, 0.15) is 6.04 Å². The number of hydrogen-bond acceptors (Lipinski definition) is 2. The van der Waals surface area contributed by atoms with Crippen molar-refractivity contribution in [3.05, 3.63) is 24.5 Å². The van der Waals surface area contributed by atoms with E-state index in [9.17, 15) is 4.79 Å². The predicted octanol–water partition coefficient (Wildman–Crippen LogP) is 2.62. The van der Waals surface area contributed by atoms with Gasteiger partial charge in [-0.15, -0.1) is 0 Å². The summed E-state index contributed by atoms with van der Waals surface area (Å²) in [4.78, 5) is 12.2. The number of carbonyl (C=O) groups excluding carboxylic acids is 1. The summed E-state index contributed by atoms with van der Waals surface area (Å²) in [7, 11) is 0. The minimum absolute atomic E-state index is 0.0701.